The highest BCUT2D eigenvalue weighted by Gasteiger charge is 1.94. The SMILES string of the molecule is CN(/N=C\CCCCO)c1ccccc1.CS(N)(=O)=O. The average Bonchev–Trinajstić information content (AvgIpc) is 2.37. The number of aliphatic hydroxyl groups is 1. The van der Waals surface area contributed by atoms with Crippen LogP contribution in [0.4, 0.5) is 5.69 Å². The molecule has 1 rings (SSSR count). The van der Waals surface area contributed by atoms with Gasteiger partial charge in [-0.15, -0.1) is 0 Å². The van der Waals surface area contributed by atoms with Gasteiger partial charge in [-0.25, -0.2) is 13.6 Å². The Hall–Kier alpha value is -1.44. The third-order valence-electron chi connectivity index (χ3n) is 2.13. The summed E-state index contributed by atoms with van der Waals surface area (Å²) < 4.78 is 18.8. The first-order valence-corrected chi connectivity index (χ1v) is 8.20. The average molecular weight is 301 g/mol. The molecule has 0 amide bonds. The van der Waals surface area contributed by atoms with E-state index < -0.39 is 10.0 Å². The first-order valence-electron chi connectivity index (χ1n) is 6.24. The van der Waals surface area contributed by atoms with Crippen molar-refractivity contribution in [2.24, 2.45) is 10.2 Å². The minimum Gasteiger partial charge on any atom is -0.396 e. The third kappa shape index (κ3) is 13.0. The number of nitrogens with zero attached hydrogens (tertiary/aromatic N) is 2. The number of nitrogens with two attached hydrogens (primary N) is 1. The molecule has 114 valence electrons. The highest BCUT2D eigenvalue weighted by atomic mass is 32.2. The van der Waals surface area contributed by atoms with E-state index in [2.05, 4.69) is 10.2 Å². The number of hydrazone groups is 1. The van der Waals surface area contributed by atoms with Crippen LogP contribution in [0.5, 0.6) is 0 Å². The highest BCUT2D eigenvalue weighted by molar-refractivity contribution is 7.88. The van der Waals surface area contributed by atoms with Crippen LogP contribution in [0.15, 0.2) is 35.4 Å². The Morgan fingerprint density at radius 3 is 2.35 bits per heavy atom. The molecule has 0 aliphatic heterocycles. The standard InChI is InChI=1S/C12H18N2O.CH5NO2S/c1-14(12-8-4-2-5-9-12)13-10-6-3-7-11-15;1-5(2,3)4/h2,4-5,8-10,15H,3,6-7,11H2,1H3;1H3,(H2,2,3,4)/b13-10-;. The molecule has 0 unspecified atom stereocenters. The van der Waals surface area contributed by atoms with Gasteiger partial charge in [-0.2, -0.15) is 5.10 Å². The lowest BCUT2D eigenvalue weighted by Crippen LogP contribution is -2.08. The Morgan fingerprint density at radius 1 is 1.30 bits per heavy atom. The second-order valence-corrected chi connectivity index (χ2v) is 5.87. The van der Waals surface area contributed by atoms with Crippen LogP contribution in [-0.2, 0) is 10.0 Å². The number of para-hydroxylation sites is 1. The molecule has 0 saturated carbocycles. The van der Waals surface area contributed by atoms with Crippen LogP contribution < -0.4 is 10.1 Å². The van der Waals surface area contributed by atoms with Gasteiger partial charge in [-0.05, 0) is 31.4 Å². The van der Waals surface area contributed by atoms with Crippen LogP contribution in [-0.4, -0.2) is 39.6 Å². The van der Waals surface area contributed by atoms with Gasteiger partial charge in [0.1, 0.15) is 0 Å². The summed E-state index contributed by atoms with van der Waals surface area (Å²) in [6.45, 7) is 0.266. The molecule has 0 aliphatic rings. The Kier molecular flexibility index (Phi) is 9.61. The summed E-state index contributed by atoms with van der Waals surface area (Å²) >= 11 is 0. The van der Waals surface area contributed by atoms with Gasteiger partial charge in [0.05, 0.1) is 11.9 Å². The molecule has 20 heavy (non-hydrogen) atoms. The molecule has 0 spiro atoms. The van der Waals surface area contributed by atoms with E-state index in [1.165, 1.54) is 0 Å². The zero-order chi connectivity index (χ0) is 15.4. The number of hydrogen-bond acceptors (Lipinski definition) is 5. The van der Waals surface area contributed by atoms with Crippen LogP contribution in [0.2, 0.25) is 0 Å². The lowest BCUT2D eigenvalue weighted by atomic mass is 10.2. The fourth-order valence-corrected chi connectivity index (χ4v) is 1.24. The molecule has 0 fully saturated rings. The Morgan fingerprint density at radius 2 is 1.85 bits per heavy atom. The topological polar surface area (TPSA) is 96.0 Å². The zero-order valence-corrected chi connectivity index (χ0v) is 12.8. The maximum atomic E-state index is 9.41. The summed E-state index contributed by atoms with van der Waals surface area (Å²) in [7, 11) is -1.24. The highest BCUT2D eigenvalue weighted by Crippen LogP contribution is 2.10. The van der Waals surface area contributed by atoms with Crippen molar-refractivity contribution in [3.8, 4) is 0 Å². The number of primary sulfonamides is 1. The van der Waals surface area contributed by atoms with Crippen LogP contribution >= 0.6 is 0 Å². The largest absolute Gasteiger partial charge is 0.396 e. The summed E-state index contributed by atoms with van der Waals surface area (Å²) in [6, 6.07) is 10.0. The lowest BCUT2D eigenvalue weighted by molar-refractivity contribution is 0.286. The van der Waals surface area contributed by atoms with Crippen LogP contribution in [0.3, 0.4) is 0 Å². The quantitative estimate of drug-likeness (QED) is 0.468. The molecule has 6 nitrogen and oxygen atoms in total. The molecule has 1 aromatic carbocycles. The summed E-state index contributed by atoms with van der Waals surface area (Å²) in [5.41, 5.74) is 1.08. The number of aliphatic hydroxyl groups excluding tert-OH is 1. The molecule has 0 heterocycles. The van der Waals surface area contributed by atoms with Crippen molar-refractivity contribution >= 4 is 21.9 Å². The maximum Gasteiger partial charge on any atom is 0.206 e. The monoisotopic (exact) mass is 301 g/mol. The predicted octanol–water partition coefficient (Wildman–Crippen LogP) is 1.18. The fraction of sp³-hybridized carbons (Fsp3) is 0.462. The van der Waals surface area contributed by atoms with Crippen molar-refractivity contribution in [1.29, 1.82) is 0 Å². The zero-order valence-electron chi connectivity index (χ0n) is 11.9. The van der Waals surface area contributed by atoms with E-state index in [0.29, 0.717) is 0 Å². The maximum absolute atomic E-state index is 9.41. The van der Waals surface area contributed by atoms with Gasteiger partial charge in [-0.1, -0.05) is 18.2 Å². The van der Waals surface area contributed by atoms with Gasteiger partial charge in [0.25, 0.3) is 0 Å². The number of rotatable bonds is 6. The number of benzene rings is 1. The van der Waals surface area contributed by atoms with E-state index in [9.17, 15) is 8.42 Å². The van der Waals surface area contributed by atoms with Crippen molar-refractivity contribution in [3.63, 3.8) is 0 Å². The lowest BCUT2D eigenvalue weighted by Gasteiger charge is -2.11. The number of hydrogen-bond donors (Lipinski definition) is 2. The van der Waals surface area contributed by atoms with Crippen molar-refractivity contribution < 1.29 is 13.5 Å². The smallest absolute Gasteiger partial charge is 0.206 e. The van der Waals surface area contributed by atoms with Crippen LogP contribution in [0.25, 0.3) is 0 Å². The van der Waals surface area contributed by atoms with E-state index in [-0.39, 0.29) is 6.61 Å². The minimum atomic E-state index is -3.17. The Labute approximate surface area is 121 Å². The molecule has 0 aromatic heterocycles. The minimum absolute atomic E-state index is 0.266. The summed E-state index contributed by atoms with van der Waals surface area (Å²) in [4.78, 5) is 0. The molecular weight excluding hydrogens is 278 g/mol. The van der Waals surface area contributed by atoms with Crippen molar-refractivity contribution in [2.45, 2.75) is 19.3 Å². The second kappa shape index (κ2) is 10.4. The number of unbranched alkanes of at least 4 members (excludes halogenated alkanes) is 2. The molecule has 0 bridgehead atoms. The second-order valence-electron chi connectivity index (χ2n) is 4.21. The summed E-state index contributed by atoms with van der Waals surface area (Å²) in [5, 5.41) is 19.1. The van der Waals surface area contributed by atoms with Gasteiger partial charge in [0.15, 0.2) is 0 Å². The summed E-state index contributed by atoms with van der Waals surface area (Å²) in [5.74, 6) is 0. The van der Waals surface area contributed by atoms with Gasteiger partial charge in [0.2, 0.25) is 10.0 Å². The van der Waals surface area contributed by atoms with Gasteiger partial charge < -0.3 is 5.11 Å². The van der Waals surface area contributed by atoms with E-state index in [1.807, 2.05) is 48.6 Å². The summed E-state index contributed by atoms with van der Waals surface area (Å²) in [6.07, 6.45) is 5.58. The van der Waals surface area contributed by atoms with Crippen molar-refractivity contribution in [3.05, 3.63) is 30.3 Å². The molecule has 0 saturated heterocycles. The van der Waals surface area contributed by atoms with E-state index >= 15 is 0 Å². The Bertz CT molecular complexity index is 467. The predicted molar refractivity (Wildman–Crippen MR) is 83.3 cm³/mol. The molecule has 1 aromatic rings. The van der Waals surface area contributed by atoms with Crippen LogP contribution in [0, 0.1) is 0 Å². The fourth-order valence-electron chi connectivity index (χ4n) is 1.24. The van der Waals surface area contributed by atoms with Gasteiger partial charge in [-0.3, -0.25) is 5.01 Å². The number of sulfonamides is 1. The number of anilines is 1. The van der Waals surface area contributed by atoms with Gasteiger partial charge >= 0.3 is 0 Å². The molecule has 0 atom stereocenters. The third-order valence-corrected chi connectivity index (χ3v) is 2.13. The van der Waals surface area contributed by atoms with Crippen molar-refractivity contribution in [2.75, 3.05) is 24.9 Å². The van der Waals surface area contributed by atoms with Gasteiger partial charge in [0, 0.05) is 19.9 Å². The molecule has 0 aliphatic carbocycles. The molecule has 7 heteroatoms. The first-order chi connectivity index (χ1) is 9.34. The van der Waals surface area contributed by atoms with Crippen molar-refractivity contribution in [1.82, 2.24) is 0 Å². The van der Waals surface area contributed by atoms with E-state index in [4.69, 9.17) is 5.11 Å². The molecular formula is C13H23N3O3S. The van der Waals surface area contributed by atoms with E-state index in [1.54, 1.807) is 0 Å². The molecule has 0 radical (unpaired) electrons. The Balaban J connectivity index is 0.000000621. The van der Waals surface area contributed by atoms with E-state index in [0.717, 1.165) is 31.2 Å². The molecule has 3 N–H and O–H groups in total. The van der Waals surface area contributed by atoms with Crippen LogP contribution in [0.1, 0.15) is 19.3 Å². The normalized spacial score (nSPS) is 11.0. The first kappa shape index (κ1) is 18.6.